The fourth-order valence-electron chi connectivity index (χ4n) is 3.14. The van der Waals surface area contributed by atoms with Crippen molar-refractivity contribution in [3.63, 3.8) is 0 Å². The number of anilines is 1. The number of benzene rings is 2. The van der Waals surface area contributed by atoms with E-state index < -0.39 is 40.0 Å². The van der Waals surface area contributed by atoms with Gasteiger partial charge in [0.05, 0.1) is 27.0 Å². The lowest BCUT2D eigenvalue weighted by atomic mass is 10.1. The van der Waals surface area contributed by atoms with Gasteiger partial charge in [-0.15, -0.1) is 0 Å². The number of hydrogen-bond acceptors (Lipinski definition) is 4. The number of nitrogens with zero attached hydrogens (tertiary/aromatic N) is 2. The summed E-state index contributed by atoms with van der Waals surface area (Å²) < 4.78 is 26.1. The molecule has 35 heavy (non-hydrogen) atoms. The molecule has 0 aliphatic heterocycles. The monoisotopic (exact) mass is 581 g/mol. The summed E-state index contributed by atoms with van der Waals surface area (Å²) in [4.78, 5) is 27.8. The summed E-state index contributed by atoms with van der Waals surface area (Å²) in [6.07, 6.45) is 0.943. The van der Waals surface area contributed by atoms with Crippen LogP contribution in [0, 0.1) is 0 Å². The van der Waals surface area contributed by atoms with E-state index in [0.29, 0.717) is 10.6 Å². The molecule has 0 heterocycles. The standard InChI is InChI=1S/C23H27Cl4N3O4S/c1-14(22(32)28-23(2,3)4)29(12-15-6-8-16(24)9-7-15)21(31)13-30(35(5,33)34)20-11-18(26)17(25)10-19(20)27/h6-11,14H,12-13H2,1-5H3,(H,28,32)/t14-/m1/s1. The Hall–Kier alpha value is -1.71. The molecular formula is C23H27Cl4N3O4S. The Morgan fingerprint density at radius 1 is 0.971 bits per heavy atom. The quantitative estimate of drug-likeness (QED) is 0.422. The van der Waals surface area contributed by atoms with Crippen LogP contribution in [-0.4, -0.2) is 49.5 Å². The number of amides is 2. The Kier molecular flexibility index (Phi) is 9.75. The van der Waals surface area contributed by atoms with Crippen molar-refractivity contribution in [2.24, 2.45) is 0 Å². The summed E-state index contributed by atoms with van der Waals surface area (Å²) >= 11 is 24.3. The van der Waals surface area contributed by atoms with E-state index >= 15 is 0 Å². The predicted octanol–water partition coefficient (Wildman–Crippen LogP) is 5.40. The SMILES string of the molecule is C[C@H](C(=O)NC(C)(C)C)N(Cc1ccc(Cl)cc1)C(=O)CN(c1cc(Cl)c(Cl)cc1Cl)S(C)(=O)=O. The first-order valence-electron chi connectivity index (χ1n) is 10.5. The Morgan fingerprint density at radius 2 is 1.51 bits per heavy atom. The first kappa shape index (κ1) is 29.5. The van der Waals surface area contributed by atoms with Gasteiger partial charge in [0.2, 0.25) is 21.8 Å². The predicted molar refractivity (Wildman–Crippen MR) is 143 cm³/mol. The van der Waals surface area contributed by atoms with E-state index in [0.717, 1.165) is 10.6 Å². The molecule has 2 aromatic carbocycles. The molecule has 0 bridgehead atoms. The number of carbonyl (C=O) groups is 2. The van der Waals surface area contributed by atoms with Gasteiger partial charge in [0, 0.05) is 17.1 Å². The Morgan fingerprint density at radius 3 is 2.03 bits per heavy atom. The summed E-state index contributed by atoms with van der Waals surface area (Å²) in [6, 6.07) is 8.44. The van der Waals surface area contributed by atoms with E-state index in [1.165, 1.54) is 17.0 Å². The van der Waals surface area contributed by atoms with Crippen LogP contribution >= 0.6 is 46.4 Å². The van der Waals surface area contributed by atoms with Crippen molar-refractivity contribution in [3.8, 4) is 0 Å². The number of rotatable bonds is 8. The molecule has 0 spiro atoms. The van der Waals surface area contributed by atoms with Crippen LogP contribution in [0.25, 0.3) is 0 Å². The van der Waals surface area contributed by atoms with Crippen LogP contribution in [-0.2, 0) is 26.2 Å². The zero-order chi connectivity index (χ0) is 26.7. The third kappa shape index (κ3) is 8.43. The van der Waals surface area contributed by atoms with Crippen molar-refractivity contribution in [3.05, 3.63) is 62.1 Å². The highest BCUT2D eigenvalue weighted by Gasteiger charge is 2.32. The fraction of sp³-hybridized carbons (Fsp3) is 0.391. The molecule has 0 aromatic heterocycles. The van der Waals surface area contributed by atoms with E-state index in [-0.39, 0.29) is 27.3 Å². The minimum Gasteiger partial charge on any atom is -0.350 e. The minimum atomic E-state index is -3.97. The van der Waals surface area contributed by atoms with Gasteiger partial charge in [-0.25, -0.2) is 8.42 Å². The molecule has 0 radical (unpaired) electrons. The van der Waals surface area contributed by atoms with E-state index in [9.17, 15) is 18.0 Å². The average Bonchev–Trinajstić information content (AvgIpc) is 2.71. The lowest BCUT2D eigenvalue weighted by molar-refractivity contribution is -0.140. The molecule has 0 saturated carbocycles. The number of carbonyl (C=O) groups excluding carboxylic acids is 2. The lowest BCUT2D eigenvalue weighted by Gasteiger charge is -2.33. The summed E-state index contributed by atoms with van der Waals surface area (Å²) in [5, 5.41) is 3.57. The molecule has 2 amide bonds. The summed E-state index contributed by atoms with van der Waals surface area (Å²) in [5.74, 6) is -1.01. The van der Waals surface area contributed by atoms with Crippen LogP contribution in [0.4, 0.5) is 5.69 Å². The van der Waals surface area contributed by atoms with Gasteiger partial charge in [0.1, 0.15) is 12.6 Å². The van der Waals surface area contributed by atoms with Gasteiger partial charge in [-0.3, -0.25) is 13.9 Å². The maximum Gasteiger partial charge on any atom is 0.244 e. The topological polar surface area (TPSA) is 86.8 Å². The average molecular weight is 583 g/mol. The van der Waals surface area contributed by atoms with Gasteiger partial charge in [-0.1, -0.05) is 58.5 Å². The molecule has 12 heteroatoms. The first-order valence-corrected chi connectivity index (χ1v) is 13.8. The molecule has 1 N–H and O–H groups in total. The molecule has 0 aliphatic carbocycles. The molecule has 0 unspecified atom stereocenters. The molecule has 1 atom stereocenters. The second-order valence-corrected chi connectivity index (χ2v) is 12.6. The maximum atomic E-state index is 13.5. The lowest BCUT2D eigenvalue weighted by Crippen LogP contribution is -2.54. The van der Waals surface area contributed by atoms with Gasteiger partial charge < -0.3 is 10.2 Å². The largest absolute Gasteiger partial charge is 0.350 e. The molecule has 192 valence electrons. The highest BCUT2D eigenvalue weighted by molar-refractivity contribution is 7.92. The number of halogens is 4. The summed E-state index contributed by atoms with van der Waals surface area (Å²) in [6.45, 7) is 6.46. The fourth-order valence-corrected chi connectivity index (χ4v) is 4.81. The molecule has 0 saturated heterocycles. The Bertz CT molecular complexity index is 1200. The van der Waals surface area contributed by atoms with E-state index in [4.69, 9.17) is 46.4 Å². The van der Waals surface area contributed by atoms with Gasteiger partial charge in [-0.2, -0.15) is 0 Å². The smallest absolute Gasteiger partial charge is 0.244 e. The van der Waals surface area contributed by atoms with Gasteiger partial charge >= 0.3 is 0 Å². The van der Waals surface area contributed by atoms with Crippen LogP contribution in [0.1, 0.15) is 33.3 Å². The highest BCUT2D eigenvalue weighted by Crippen LogP contribution is 2.35. The van der Waals surface area contributed by atoms with E-state index in [1.807, 2.05) is 20.8 Å². The summed E-state index contributed by atoms with van der Waals surface area (Å²) in [5.41, 5.74) is 0.166. The van der Waals surface area contributed by atoms with E-state index in [2.05, 4.69) is 5.32 Å². The molecular weight excluding hydrogens is 556 g/mol. The van der Waals surface area contributed by atoms with Gasteiger partial charge in [0.25, 0.3) is 0 Å². The van der Waals surface area contributed by atoms with Crippen LogP contribution in [0.5, 0.6) is 0 Å². The molecule has 2 aromatic rings. The van der Waals surface area contributed by atoms with Crippen molar-refractivity contribution in [1.82, 2.24) is 10.2 Å². The third-order valence-corrected chi connectivity index (χ3v) is 7.27. The van der Waals surface area contributed by atoms with Crippen molar-refractivity contribution in [2.75, 3.05) is 17.1 Å². The number of nitrogens with one attached hydrogen (secondary N) is 1. The number of sulfonamides is 1. The molecule has 2 rings (SSSR count). The minimum absolute atomic E-state index is 0.000371. The van der Waals surface area contributed by atoms with E-state index in [1.54, 1.807) is 31.2 Å². The zero-order valence-corrected chi connectivity index (χ0v) is 23.7. The molecule has 7 nitrogen and oxygen atoms in total. The molecule has 0 fully saturated rings. The summed E-state index contributed by atoms with van der Waals surface area (Å²) in [7, 11) is -3.97. The van der Waals surface area contributed by atoms with Crippen molar-refractivity contribution in [1.29, 1.82) is 0 Å². The highest BCUT2D eigenvalue weighted by atomic mass is 35.5. The van der Waals surface area contributed by atoms with Crippen molar-refractivity contribution in [2.45, 2.75) is 45.8 Å². The Labute approximate surface area is 226 Å². The van der Waals surface area contributed by atoms with Crippen LogP contribution in [0.15, 0.2) is 36.4 Å². The third-order valence-electron chi connectivity index (χ3n) is 4.87. The molecule has 0 aliphatic rings. The second-order valence-electron chi connectivity index (χ2n) is 9.05. The maximum absolute atomic E-state index is 13.5. The van der Waals surface area contributed by atoms with Crippen LogP contribution in [0.3, 0.4) is 0 Å². The second kappa shape index (κ2) is 11.6. The van der Waals surface area contributed by atoms with Crippen LogP contribution in [0.2, 0.25) is 20.1 Å². The van der Waals surface area contributed by atoms with Gasteiger partial charge in [-0.05, 0) is 57.5 Å². The Balaban J connectivity index is 2.47. The zero-order valence-electron chi connectivity index (χ0n) is 19.9. The first-order chi connectivity index (χ1) is 16.0. The normalized spacial score (nSPS) is 12.7. The van der Waals surface area contributed by atoms with Crippen molar-refractivity contribution >= 4 is 73.9 Å². The number of hydrogen-bond donors (Lipinski definition) is 1. The van der Waals surface area contributed by atoms with Crippen LogP contribution < -0.4 is 9.62 Å². The van der Waals surface area contributed by atoms with Crippen molar-refractivity contribution < 1.29 is 18.0 Å². The van der Waals surface area contributed by atoms with Gasteiger partial charge in [0.15, 0.2) is 0 Å².